The van der Waals surface area contributed by atoms with E-state index in [1.165, 1.54) is 167 Å². The Bertz CT molecular complexity index is 1720. The minimum atomic E-state index is -4.95. The molecule has 0 aliphatic rings. The zero-order chi connectivity index (χ0) is 65.0. The van der Waals surface area contributed by atoms with Crippen LogP contribution < -0.4 is 0 Å². The topological polar surface area (TPSA) is 237 Å². The SMILES string of the molecule is CCCCCCCCCCCCCCCCC(=O)OC[C@H](COP(=O)(O)OC[C@@H](O)COP(=O)(O)OC[C@@H](COC(=O)CCCCCCCCCCCC)OC(=O)CCCCCCCCC(C)CC)OC(=O)CCCCCCCCCCCCC(C)CC. The molecule has 0 aromatic carbocycles. The van der Waals surface area contributed by atoms with Gasteiger partial charge in [-0.05, 0) is 37.5 Å². The molecule has 19 heteroatoms. The minimum absolute atomic E-state index is 0.103. The first-order valence-corrected chi connectivity index (χ1v) is 39.1. The molecule has 0 spiro atoms. The average Bonchev–Trinajstić information content (AvgIpc) is 3.61. The Hall–Kier alpha value is -1.94. The molecule has 88 heavy (non-hydrogen) atoms. The van der Waals surface area contributed by atoms with Gasteiger partial charge in [0.2, 0.25) is 0 Å². The van der Waals surface area contributed by atoms with Crippen molar-refractivity contribution in [3.63, 3.8) is 0 Å². The lowest BCUT2D eigenvalue weighted by molar-refractivity contribution is -0.161. The molecule has 0 saturated heterocycles. The molecule has 0 aromatic heterocycles. The summed E-state index contributed by atoms with van der Waals surface area (Å²) in [5.41, 5.74) is 0. The predicted molar refractivity (Wildman–Crippen MR) is 354 cm³/mol. The van der Waals surface area contributed by atoms with Gasteiger partial charge in [0.25, 0.3) is 0 Å². The van der Waals surface area contributed by atoms with E-state index in [0.29, 0.717) is 25.7 Å². The Morgan fingerprint density at radius 1 is 0.318 bits per heavy atom. The van der Waals surface area contributed by atoms with E-state index in [9.17, 15) is 43.2 Å². The second kappa shape index (κ2) is 61.3. The van der Waals surface area contributed by atoms with Gasteiger partial charge in [0.1, 0.15) is 19.3 Å². The van der Waals surface area contributed by atoms with E-state index in [1.807, 2.05) is 0 Å². The number of phosphoric ester groups is 2. The summed E-state index contributed by atoms with van der Waals surface area (Å²) in [5.74, 6) is -0.604. The Kier molecular flexibility index (Phi) is 59.9. The first-order valence-electron chi connectivity index (χ1n) is 36.1. The van der Waals surface area contributed by atoms with Gasteiger partial charge >= 0.3 is 39.5 Å². The maximum Gasteiger partial charge on any atom is 0.472 e. The standard InChI is InChI=1S/C69H134O17P2/c1-7-11-13-15-17-19-21-22-23-24-29-33-40-46-52-67(72)79-57-64(85-68(73)53-47-41-34-30-26-25-27-31-37-43-49-61(5)9-3)59-83-87(75,76)81-55-63(70)56-82-88(77,78)84-60-65(86-69(74)54-48-42-36-35-38-44-50-62(6)10-4)58-80-66(71)51-45-39-32-28-20-18-16-14-12-8-2/h61-65,70H,7-60H2,1-6H3,(H,75,76)(H,77,78)/t61?,62?,63-,64-,65-/m1/s1. The highest BCUT2D eigenvalue weighted by Crippen LogP contribution is 2.45. The zero-order valence-electron chi connectivity index (χ0n) is 57.0. The normalized spacial score (nSPS) is 14.8. The summed E-state index contributed by atoms with van der Waals surface area (Å²) >= 11 is 0. The van der Waals surface area contributed by atoms with Crippen LogP contribution in [0, 0.1) is 11.8 Å². The molecule has 3 N–H and O–H groups in total. The Morgan fingerprint density at radius 3 is 0.807 bits per heavy atom. The van der Waals surface area contributed by atoms with Crippen LogP contribution in [0.3, 0.4) is 0 Å². The third-order valence-corrected chi connectivity index (χ3v) is 18.6. The fraction of sp³-hybridized carbons (Fsp3) is 0.942. The van der Waals surface area contributed by atoms with Gasteiger partial charge in [-0.25, -0.2) is 9.13 Å². The second-order valence-corrected chi connectivity index (χ2v) is 28.3. The third-order valence-electron chi connectivity index (χ3n) is 16.7. The lowest BCUT2D eigenvalue weighted by Crippen LogP contribution is -2.30. The molecule has 0 aliphatic heterocycles. The average molecular weight is 1300 g/mol. The summed E-state index contributed by atoms with van der Waals surface area (Å²) in [6.07, 6.45) is 45.7. The molecule has 0 saturated carbocycles. The minimum Gasteiger partial charge on any atom is -0.462 e. The number of unbranched alkanes of at least 4 members (excludes halogenated alkanes) is 36. The zero-order valence-corrected chi connectivity index (χ0v) is 58.8. The van der Waals surface area contributed by atoms with E-state index in [4.69, 9.17) is 37.0 Å². The number of esters is 4. The van der Waals surface area contributed by atoms with Crippen molar-refractivity contribution in [2.75, 3.05) is 39.6 Å². The van der Waals surface area contributed by atoms with Crippen molar-refractivity contribution in [2.45, 2.75) is 368 Å². The summed E-state index contributed by atoms with van der Waals surface area (Å²) in [4.78, 5) is 72.5. The molecule has 7 atom stereocenters. The van der Waals surface area contributed by atoms with Gasteiger partial charge in [0, 0.05) is 25.7 Å². The van der Waals surface area contributed by atoms with E-state index >= 15 is 0 Å². The molecule has 0 rings (SSSR count). The lowest BCUT2D eigenvalue weighted by Gasteiger charge is -2.21. The van der Waals surface area contributed by atoms with Crippen LogP contribution in [-0.2, 0) is 65.4 Å². The molecule has 0 aromatic rings. The van der Waals surface area contributed by atoms with Crippen molar-refractivity contribution in [3.05, 3.63) is 0 Å². The number of ether oxygens (including phenoxy) is 4. The van der Waals surface area contributed by atoms with Gasteiger partial charge in [-0.15, -0.1) is 0 Å². The van der Waals surface area contributed by atoms with E-state index in [1.54, 1.807) is 0 Å². The molecular weight excluding hydrogens is 1160 g/mol. The van der Waals surface area contributed by atoms with Gasteiger partial charge in [-0.3, -0.25) is 37.3 Å². The van der Waals surface area contributed by atoms with Crippen LogP contribution in [0.25, 0.3) is 0 Å². The van der Waals surface area contributed by atoms with Crippen LogP contribution in [0.1, 0.15) is 350 Å². The smallest absolute Gasteiger partial charge is 0.462 e. The Morgan fingerprint density at radius 2 is 0.545 bits per heavy atom. The predicted octanol–water partition coefficient (Wildman–Crippen LogP) is 19.6. The molecule has 0 radical (unpaired) electrons. The van der Waals surface area contributed by atoms with Gasteiger partial charge in [-0.1, -0.05) is 298 Å². The number of rotatable bonds is 68. The molecule has 0 amide bonds. The van der Waals surface area contributed by atoms with Crippen LogP contribution in [0.2, 0.25) is 0 Å². The van der Waals surface area contributed by atoms with E-state index < -0.39 is 97.5 Å². The van der Waals surface area contributed by atoms with Crippen molar-refractivity contribution >= 4 is 39.5 Å². The molecule has 0 bridgehead atoms. The van der Waals surface area contributed by atoms with Gasteiger partial charge in [-0.2, -0.15) is 0 Å². The molecule has 4 unspecified atom stereocenters. The maximum absolute atomic E-state index is 13.0. The summed E-state index contributed by atoms with van der Waals surface area (Å²) in [7, 11) is -9.90. The Balaban J connectivity index is 5.25. The van der Waals surface area contributed by atoms with E-state index in [0.717, 1.165) is 102 Å². The fourth-order valence-corrected chi connectivity index (χ4v) is 11.9. The molecule has 0 heterocycles. The highest BCUT2D eigenvalue weighted by molar-refractivity contribution is 7.47. The lowest BCUT2D eigenvalue weighted by atomic mass is 9.99. The third kappa shape index (κ3) is 60.3. The highest BCUT2D eigenvalue weighted by atomic mass is 31.2. The van der Waals surface area contributed by atoms with E-state index in [-0.39, 0.29) is 25.7 Å². The molecule has 0 aliphatic carbocycles. The van der Waals surface area contributed by atoms with Crippen molar-refractivity contribution in [1.29, 1.82) is 0 Å². The van der Waals surface area contributed by atoms with Gasteiger partial charge < -0.3 is 33.8 Å². The molecular formula is C69H134O17P2. The number of carbonyl (C=O) groups is 4. The van der Waals surface area contributed by atoms with Crippen LogP contribution in [0.5, 0.6) is 0 Å². The highest BCUT2D eigenvalue weighted by Gasteiger charge is 2.30. The Labute approximate surface area is 537 Å². The number of hydrogen-bond acceptors (Lipinski definition) is 15. The summed E-state index contributed by atoms with van der Waals surface area (Å²) < 4.78 is 68.2. The first kappa shape index (κ1) is 86.1. The largest absolute Gasteiger partial charge is 0.472 e. The fourth-order valence-electron chi connectivity index (χ4n) is 10.4. The molecule has 522 valence electrons. The molecule has 0 fully saturated rings. The van der Waals surface area contributed by atoms with Crippen molar-refractivity contribution in [3.8, 4) is 0 Å². The van der Waals surface area contributed by atoms with Crippen molar-refractivity contribution in [2.24, 2.45) is 11.8 Å². The summed E-state index contributed by atoms with van der Waals surface area (Å²) in [6.45, 7) is 9.51. The van der Waals surface area contributed by atoms with Crippen LogP contribution in [0.4, 0.5) is 0 Å². The van der Waals surface area contributed by atoms with Crippen LogP contribution in [-0.4, -0.2) is 96.7 Å². The molecule has 17 nitrogen and oxygen atoms in total. The van der Waals surface area contributed by atoms with Crippen LogP contribution in [0.15, 0.2) is 0 Å². The van der Waals surface area contributed by atoms with Gasteiger partial charge in [0.15, 0.2) is 12.2 Å². The van der Waals surface area contributed by atoms with E-state index in [2.05, 4.69) is 41.5 Å². The number of phosphoric acid groups is 2. The first-order chi connectivity index (χ1) is 42.4. The summed E-state index contributed by atoms with van der Waals surface area (Å²) in [5, 5.41) is 10.6. The van der Waals surface area contributed by atoms with Crippen molar-refractivity contribution < 1.29 is 80.2 Å². The maximum atomic E-state index is 13.0. The quantitative estimate of drug-likeness (QED) is 0.0222. The second-order valence-electron chi connectivity index (χ2n) is 25.4. The van der Waals surface area contributed by atoms with Crippen LogP contribution >= 0.6 is 15.6 Å². The summed E-state index contributed by atoms with van der Waals surface area (Å²) in [6, 6.07) is 0. The monoisotopic (exact) mass is 1300 g/mol. The number of hydrogen-bond donors (Lipinski definition) is 3. The van der Waals surface area contributed by atoms with Gasteiger partial charge in [0.05, 0.1) is 26.4 Å². The number of aliphatic hydroxyl groups excluding tert-OH is 1. The number of carbonyl (C=O) groups excluding carboxylic acids is 4. The number of aliphatic hydroxyl groups is 1. The van der Waals surface area contributed by atoms with Crippen molar-refractivity contribution in [1.82, 2.24) is 0 Å².